The molecule has 1 saturated carbocycles. The molecule has 2 aliphatic carbocycles. The highest BCUT2D eigenvalue weighted by Crippen LogP contribution is 2.51. The number of ketones is 1. The molecule has 1 spiro atoms. The highest BCUT2D eigenvalue weighted by Gasteiger charge is 2.49. The van der Waals surface area contributed by atoms with Crippen LogP contribution in [0.15, 0.2) is 18.2 Å². The average Bonchev–Trinajstić information content (AvgIpc) is 2.88. The van der Waals surface area contributed by atoms with E-state index in [1.807, 2.05) is 12.1 Å². The predicted molar refractivity (Wildman–Crippen MR) is 61.9 cm³/mol. The van der Waals surface area contributed by atoms with Gasteiger partial charge in [-0.25, -0.2) is 0 Å². The molecule has 0 N–H and O–H groups in total. The fraction of sp³-hybridized carbons (Fsp3) is 0.500. The minimum atomic E-state index is -0.193. The summed E-state index contributed by atoms with van der Waals surface area (Å²) in [6, 6.07) is 6.04. The van der Waals surface area contributed by atoms with Gasteiger partial charge in [0.15, 0.2) is 0 Å². The van der Waals surface area contributed by atoms with E-state index < -0.39 is 0 Å². The summed E-state index contributed by atoms with van der Waals surface area (Å²) >= 11 is 0. The minimum Gasteiger partial charge on any atom is -0.496 e. The van der Waals surface area contributed by atoms with Crippen molar-refractivity contribution < 1.29 is 9.53 Å². The van der Waals surface area contributed by atoms with Gasteiger partial charge in [0.1, 0.15) is 11.5 Å². The molecule has 2 heteroatoms. The zero-order valence-electron chi connectivity index (χ0n) is 9.58. The number of benzene rings is 1. The molecule has 0 amide bonds. The fourth-order valence-corrected chi connectivity index (χ4v) is 3.43. The van der Waals surface area contributed by atoms with E-state index in [9.17, 15) is 4.79 Å². The van der Waals surface area contributed by atoms with Gasteiger partial charge in [0.25, 0.3) is 0 Å². The second kappa shape index (κ2) is 3.34. The Bertz CT molecular complexity index is 442. The Kier molecular flexibility index (Phi) is 2.06. The lowest BCUT2D eigenvalue weighted by molar-refractivity contribution is -0.122. The third-order valence-corrected chi connectivity index (χ3v) is 4.15. The molecule has 2 aliphatic rings. The summed E-state index contributed by atoms with van der Waals surface area (Å²) in [6.45, 7) is 0. The zero-order valence-corrected chi connectivity index (χ0v) is 9.58. The first kappa shape index (κ1) is 9.88. The van der Waals surface area contributed by atoms with Crippen molar-refractivity contribution in [2.24, 2.45) is 0 Å². The number of ether oxygens (including phenoxy) is 1. The van der Waals surface area contributed by atoms with E-state index in [2.05, 4.69) is 6.07 Å². The fourth-order valence-electron chi connectivity index (χ4n) is 3.43. The number of fused-ring (bicyclic) bond motifs is 2. The number of rotatable bonds is 1. The van der Waals surface area contributed by atoms with E-state index in [1.54, 1.807) is 7.11 Å². The van der Waals surface area contributed by atoms with Crippen LogP contribution >= 0.6 is 0 Å². The normalized spacial score (nSPS) is 21.4. The molecule has 0 aromatic heterocycles. The predicted octanol–water partition coefficient (Wildman–Crippen LogP) is 2.63. The summed E-state index contributed by atoms with van der Waals surface area (Å²) in [6.07, 6.45) is 4.97. The van der Waals surface area contributed by atoms with E-state index in [0.29, 0.717) is 12.2 Å². The van der Waals surface area contributed by atoms with Gasteiger partial charge in [-0.2, -0.15) is 0 Å². The molecule has 84 valence electrons. The summed E-state index contributed by atoms with van der Waals surface area (Å²) in [4.78, 5) is 12.3. The number of hydrogen-bond donors (Lipinski definition) is 0. The summed E-state index contributed by atoms with van der Waals surface area (Å²) in [5.41, 5.74) is 2.19. The van der Waals surface area contributed by atoms with Crippen molar-refractivity contribution in [3.8, 4) is 5.75 Å². The van der Waals surface area contributed by atoms with E-state index >= 15 is 0 Å². The third-order valence-electron chi connectivity index (χ3n) is 4.15. The Morgan fingerprint density at radius 2 is 2.00 bits per heavy atom. The van der Waals surface area contributed by atoms with Crippen molar-refractivity contribution in [2.45, 2.75) is 37.5 Å². The average molecular weight is 216 g/mol. The summed E-state index contributed by atoms with van der Waals surface area (Å²) < 4.78 is 5.44. The van der Waals surface area contributed by atoms with Crippen LogP contribution in [0.1, 0.15) is 36.8 Å². The number of hydrogen-bond acceptors (Lipinski definition) is 2. The molecular weight excluding hydrogens is 200 g/mol. The van der Waals surface area contributed by atoms with Crippen LogP contribution in [0.25, 0.3) is 0 Å². The van der Waals surface area contributed by atoms with Gasteiger partial charge < -0.3 is 4.74 Å². The Labute approximate surface area is 95.6 Å². The maximum Gasteiger partial charge on any atom is 0.147 e. The van der Waals surface area contributed by atoms with Crippen LogP contribution in [0.4, 0.5) is 0 Å². The molecule has 0 radical (unpaired) electrons. The molecule has 0 saturated heterocycles. The van der Waals surface area contributed by atoms with Gasteiger partial charge in [0.05, 0.1) is 12.5 Å². The van der Waals surface area contributed by atoms with Crippen LogP contribution in [0.2, 0.25) is 0 Å². The summed E-state index contributed by atoms with van der Waals surface area (Å²) in [5.74, 6) is 1.31. The number of methoxy groups -OCH3 is 1. The molecule has 0 heterocycles. The maximum absolute atomic E-state index is 12.3. The lowest BCUT2D eigenvalue weighted by Crippen LogP contribution is -2.28. The van der Waals surface area contributed by atoms with Crippen LogP contribution in [0, 0.1) is 0 Å². The van der Waals surface area contributed by atoms with E-state index in [1.165, 1.54) is 24.0 Å². The van der Waals surface area contributed by atoms with Crippen LogP contribution < -0.4 is 4.74 Å². The molecule has 16 heavy (non-hydrogen) atoms. The summed E-state index contributed by atoms with van der Waals surface area (Å²) in [7, 11) is 1.70. The largest absolute Gasteiger partial charge is 0.496 e. The Morgan fingerprint density at radius 3 is 2.69 bits per heavy atom. The molecule has 3 rings (SSSR count). The van der Waals surface area contributed by atoms with Gasteiger partial charge in [-0.1, -0.05) is 25.0 Å². The van der Waals surface area contributed by atoms with Crippen LogP contribution in [0.3, 0.4) is 0 Å². The molecule has 2 nitrogen and oxygen atoms in total. The van der Waals surface area contributed by atoms with Crippen molar-refractivity contribution >= 4 is 5.78 Å². The zero-order chi connectivity index (χ0) is 11.2. The van der Waals surface area contributed by atoms with Gasteiger partial charge in [0, 0.05) is 12.0 Å². The topological polar surface area (TPSA) is 26.3 Å². The van der Waals surface area contributed by atoms with Crippen molar-refractivity contribution in [1.29, 1.82) is 0 Å². The van der Waals surface area contributed by atoms with Crippen molar-refractivity contribution in [2.75, 3.05) is 7.11 Å². The highest BCUT2D eigenvalue weighted by molar-refractivity contribution is 5.97. The summed E-state index contributed by atoms with van der Waals surface area (Å²) in [5, 5.41) is 0. The van der Waals surface area contributed by atoms with Gasteiger partial charge in [0.2, 0.25) is 0 Å². The molecule has 1 aromatic carbocycles. The minimum absolute atomic E-state index is 0.193. The van der Waals surface area contributed by atoms with Crippen LogP contribution in [-0.4, -0.2) is 12.9 Å². The standard InChI is InChI=1S/C14H16O2/c1-16-11-6-4-5-10-9-12(15)14(13(10)11)7-2-3-8-14/h4-6H,2-3,7-9H2,1H3. The second-order valence-corrected chi connectivity index (χ2v) is 4.88. The monoisotopic (exact) mass is 216 g/mol. The molecule has 1 fully saturated rings. The Morgan fingerprint density at radius 1 is 1.25 bits per heavy atom. The van der Waals surface area contributed by atoms with E-state index in [4.69, 9.17) is 4.74 Å². The first-order valence-corrected chi connectivity index (χ1v) is 5.97. The number of carbonyl (C=O) groups is 1. The van der Waals surface area contributed by atoms with Crippen LogP contribution in [0.5, 0.6) is 5.75 Å². The lowest BCUT2D eigenvalue weighted by Gasteiger charge is -2.24. The van der Waals surface area contributed by atoms with Crippen molar-refractivity contribution in [3.63, 3.8) is 0 Å². The highest BCUT2D eigenvalue weighted by atomic mass is 16.5. The quantitative estimate of drug-likeness (QED) is 0.721. The van der Waals surface area contributed by atoms with Gasteiger partial charge in [-0.3, -0.25) is 4.79 Å². The second-order valence-electron chi connectivity index (χ2n) is 4.88. The van der Waals surface area contributed by atoms with Crippen LogP contribution in [-0.2, 0) is 16.6 Å². The first-order valence-electron chi connectivity index (χ1n) is 5.97. The third kappa shape index (κ3) is 1.10. The molecule has 0 aliphatic heterocycles. The van der Waals surface area contributed by atoms with E-state index in [0.717, 1.165) is 18.6 Å². The van der Waals surface area contributed by atoms with E-state index in [-0.39, 0.29) is 5.41 Å². The SMILES string of the molecule is COc1cccc2c1C1(CCCC1)C(=O)C2. The Balaban J connectivity index is 2.22. The Hall–Kier alpha value is -1.31. The number of carbonyl (C=O) groups excluding carboxylic acids is 1. The van der Waals surface area contributed by atoms with Gasteiger partial charge in [-0.15, -0.1) is 0 Å². The molecule has 0 unspecified atom stereocenters. The number of Topliss-reactive ketones (excluding diaryl/α,β-unsaturated/α-hetero) is 1. The molecular formula is C14H16O2. The smallest absolute Gasteiger partial charge is 0.147 e. The van der Waals surface area contributed by atoms with Crippen molar-refractivity contribution in [3.05, 3.63) is 29.3 Å². The van der Waals surface area contributed by atoms with Gasteiger partial charge >= 0.3 is 0 Å². The van der Waals surface area contributed by atoms with Gasteiger partial charge in [-0.05, 0) is 24.5 Å². The molecule has 1 aromatic rings. The van der Waals surface area contributed by atoms with Crippen molar-refractivity contribution in [1.82, 2.24) is 0 Å². The maximum atomic E-state index is 12.3. The first-order chi connectivity index (χ1) is 7.78. The molecule has 0 bridgehead atoms. The molecule has 0 atom stereocenters. The lowest BCUT2D eigenvalue weighted by atomic mass is 9.79.